The molecular formula is C14H17FN2O. The molecule has 0 atom stereocenters. The molecule has 0 aliphatic rings. The van der Waals surface area contributed by atoms with Gasteiger partial charge in [-0.15, -0.1) is 6.42 Å². The van der Waals surface area contributed by atoms with Crippen LogP contribution >= 0.6 is 0 Å². The third-order valence-corrected chi connectivity index (χ3v) is 2.49. The maximum atomic E-state index is 13.5. The van der Waals surface area contributed by atoms with Gasteiger partial charge in [-0.3, -0.25) is 4.79 Å². The minimum Gasteiger partial charge on any atom is -0.352 e. The molecule has 4 heteroatoms. The van der Waals surface area contributed by atoms with Crippen LogP contribution in [-0.2, 0) is 0 Å². The largest absolute Gasteiger partial charge is 0.352 e. The Balaban J connectivity index is 2.40. The summed E-state index contributed by atoms with van der Waals surface area (Å²) in [4.78, 5) is 11.8. The number of halogens is 1. The van der Waals surface area contributed by atoms with Crippen LogP contribution in [0.3, 0.4) is 0 Å². The molecule has 0 aromatic heterocycles. The van der Waals surface area contributed by atoms with E-state index in [9.17, 15) is 9.18 Å². The Morgan fingerprint density at radius 2 is 2.22 bits per heavy atom. The number of nitrogens with one attached hydrogen (secondary N) is 2. The predicted octanol–water partition coefficient (Wildman–Crippen LogP) is 1.48. The third-order valence-electron chi connectivity index (χ3n) is 2.49. The van der Waals surface area contributed by atoms with Crippen LogP contribution in [0.5, 0.6) is 0 Å². The van der Waals surface area contributed by atoms with Gasteiger partial charge in [-0.25, -0.2) is 4.39 Å². The molecule has 1 rings (SSSR count). The summed E-state index contributed by atoms with van der Waals surface area (Å²) in [5.41, 5.74) is 0.757. The van der Waals surface area contributed by atoms with Gasteiger partial charge in [0.25, 0.3) is 5.91 Å². The quantitative estimate of drug-likeness (QED) is 0.591. The monoisotopic (exact) mass is 248 g/mol. The normalized spacial score (nSPS) is 9.83. The zero-order valence-electron chi connectivity index (χ0n) is 10.4. The highest BCUT2D eigenvalue weighted by molar-refractivity contribution is 5.95. The first-order chi connectivity index (χ1) is 8.66. The van der Waals surface area contributed by atoms with Crippen LogP contribution in [0.2, 0.25) is 0 Å². The molecule has 0 radical (unpaired) electrons. The number of carbonyl (C=O) groups excluding carboxylic acids is 1. The maximum absolute atomic E-state index is 13.5. The minimum absolute atomic E-state index is 0.120. The van der Waals surface area contributed by atoms with Gasteiger partial charge in [-0.05, 0) is 31.5 Å². The number of carbonyl (C=O) groups is 1. The van der Waals surface area contributed by atoms with E-state index >= 15 is 0 Å². The predicted molar refractivity (Wildman–Crippen MR) is 69.8 cm³/mol. The Morgan fingerprint density at radius 1 is 1.44 bits per heavy atom. The van der Waals surface area contributed by atoms with E-state index in [1.165, 1.54) is 6.07 Å². The number of aryl methyl sites for hydroxylation is 1. The van der Waals surface area contributed by atoms with Gasteiger partial charge in [0, 0.05) is 6.54 Å². The molecule has 96 valence electrons. The van der Waals surface area contributed by atoms with Crippen molar-refractivity contribution >= 4 is 5.91 Å². The van der Waals surface area contributed by atoms with E-state index in [1.807, 2.05) is 0 Å². The molecule has 0 spiro atoms. The minimum atomic E-state index is -0.488. The lowest BCUT2D eigenvalue weighted by Gasteiger charge is -2.08. The standard InChI is InChI=1S/C14H17FN2O/c1-3-8-16-9-5-10-17-14(18)13-11(2)6-4-7-12(13)15/h1,4,6-7,16H,5,8-10H2,2H3,(H,17,18). The molecule has 2 N–H and O–H groups in total. The Morgan fingerprint density at radius 3 is 2.89 bits per heavy atom. The smallest absolute Gasteiger partial charge is 0.254 e. The van der Waals surface area contributed by atoms with Crippen molar-refractivity contribution in [2.24, 2.45) is 0 Å². The zero-order chi connectivity index (χ0) is 13.4. The second-order valence-corrected chi connectivity index (χ2v) is 3.92. The summed E-state index contributed by atoms with van der Waals surface area (Å²) in [5.74, 6) is 1.60. The number of terminal acetylenes is 1. The molecule has 1 amide bonds. The van der Waals surface area contributed by atoms with Crippen LogP contribution in [-0.4, -0.2) is 25.5 Å². The molecule has 0 heterocycles. The fourth-order valence-electron chi connectivity index (χ4n) is 1.58. The Hall–Kier alpha value is -1.86. The van der Waals surface area contributed by atoms with Crippen molar-refractivity contribution in [2.45, 2.75) is 13.3 Å². The lowest BCUT2D eigenvalue weighted by molar-refractivity contribution is 0.0948. The van der Waals surface area contributed by atoms with E-state index in [0.717, 1.165) is 13.0 Å². The van der Waals surface area contributed by atoms with Gasteiger partial charge < -0.3 is 10.6 Å². The lowest BCUT2D eigenvalue weighted by Crippen LogP contribution is -2.28. The average molecular weight is 248 g/mol. The van der Waals surface area contributed by atoms with Crippen molar-refractivity contribution in [1.29, 1.82) is 0 Å². The van der Waals surface area contributed by atoms with Crippen molar-refractivity contribution in [3.63, 3.8) is 0 Å². The summed E-state index contributed by atoms with van der Waals surface area (Å²) < 4.78 is 13.5. The number of hydrogen-bond donors (Lipinski definition) is 2. The molecule has 0 saturated carbocycles. The Bertz CT molecular complexity index is 431. The van der Waals surface area contributed by atoms with Gasteiger partial charge in [0.2, 0.25) is 0 Å². The summed E-state index contributed by atoms with van der Waals surface area (Å²) in [6.07, 6.45) is 5.83. The first-order valence-corrected chi connectivity index (χ1v) is 5.84. The van der Waals surface area contributed by atoms with Crippen LogP contribution in [0.1, 0.15) is 22.3 Å². The van der Waals surface area contributed by atoms with E-state index in [-0.39, 0.29) is 11.5 Å². The highest BCUT2D eigenvalue weighted by Crippen LogP contribution is 2.11. The van der Waals surface area contributed by atoms with E-state index in [2.05, 4.69) is 16.6 Å². The van der Waals surface area contributed by atoms with Crippen LogP contribution in [0.4, 0.5) is 4.39 Å². The van der Waals surface area contributed by atoms with Gasteiger partial charge >= 0.3 is 0 Å². The molecule has 0 bridgehead atoms. The summed E-state index contributed by atoms with van der Waals surface area (Å²) >= 11 is 0. The molecule has 0 aliphatic heterocycles. The van der Waals surface area contributed by atoms with Gasteiger partial charge in [0.05, 0.1) is 12.1 Å². The fourth-order valence-corrected chi connectivity index (χ4v) is 1.58. The van der Waals surface area contributed by atoms with Crippen molar-refractivity contribution in [2.75, 3.05) is 19.6 Å². The summed E-state index contributed by atoms with van der Waals surface area (Å²) in [5, 5.41) is 5.70. The van der Waals surface area contributed by atoms with Crippen molar-refractivity contribution in [3.05, 3.63) is 35.1 Å². The third kappa shape index (κ3) is 4.19. The highest BCUT2D eigenvalue weighted by Gasteiger charge is 2.13. The van der Waals surface area contributed by atoms with E-state index in [1.54, 1.807) is 19.1 Å². The summed E-state index contributed by atoms with van der Waals surface area (Å²) in [6, 6.07) is 4.59. The molecule has 0 unspecified atom stereocenters. The van der Waals surface area contributed by atoms with Gasteiger partial charge in [-0.1, -0.05) is 18.1 Å². The van der Waals surface area contributed by atoms with Gasteiger partial charge in [0.1, 0.15) is 5.82 Å². The number of hydrogen-bond acceptors (Lipinski definition) is 2. The lowest BCUT2D eigenvalue weighted by atomic mass is 10.1. The number of benzene rings is 1. The molecule has 3 nitrogen and oxygen atoms in total. The van der Waals surface area contributed by atoms with Crippen molar-refractivity contribution < 1.29 is 9.18 Å². The second-order valence-electron chi connectivity index (χ2n) is 3.92. The zero-order valence-corrected chi connectivity index (χ0v) is 10.4. The molecule has 0 fully saturated rings. The fraction of sp³-hybridized carbons (Fsp3) is 0.357. The molecule has 1 aromatic carbocycles. The second kappa shape index (κ2) is 7.46. The number of rotatable bonds is 6. The Labute approximate surface area is 107 Å². The summed E-state index contributed by atoms with van der Waals surface area (Å²) in [7, 11) is 0. The SMILES string of the molecule is C#CCNCCCNC(=O)c1c(C)cccc1F. The van der Waals surface area contributed by atoms with E-state index in [4.69, 9.17) is 6.42 Å². The molecule has 18 heavy (non-hydrogen) atoms. The van der Waals surface area contributed by atoms with E-state index in [0.29, 0.717) is 18.7 Å². The summed E-state index contributed by atoms with van der Waals surface area (Å²) in [6.45, 7) is 3.44. The first-order valence-electron chi connectivity index (χ1n) is 5.84. The van der Waals surface area contributed by atoms with Crippen molar-refractivity contribution in [1.82, 2.24) is 10.6 Å². The van der Waals surface area contributed by atoms with Gasteiger partial charge in [-0.2, -0.15) is 0 Å². The van der Waals surface area contributed by atoms with E-state index < -0.39 is 5.82 Å². The van der Waals surface area contributed by atoms with Crippen LogP contribution in [0.25, 0.3) is 0 Å². The average Bonchev–Trinajstić information content (AvgIpc) is 2.33. The van der Waals surface area contributed by atoms with Gasteiger partial charge in [0.15, 0.2) is 0 Å². The molecule has 0 saturated heterocycles. The first kappa shape index (κ1) is 14.2. The van der Waals surface area contributed by atoms with Crippen molar-refractivity contribution in [3.8, 4) is 12.3 Å². The van der Waals surface area contributed by atoms with Crippen LogP contribution in [0, 0.1) is 25.1 Å². The van der Waals surface area contributed by atoms with Crippen LogP contribution in [0.15, 0.2) is 18.2 Å². The van der Waals surface area contributed by atoms with Crippen LogP contribution < -0.4 is 10.6 Å². The maximum Gasteiger partial charge on any atom is 0.254 e. The highest BCUT2D eigenvalue weighted by atomic mass is 19.1. The molecular weight excluding hydrogens is 231 g/mol. The number of amides is 1. The topological polar surface area (TPSA) is 41.1 Å². The Kier molecular flexibility index (Phi) is 5.89. The molecule has 1 aromatic rings. The molecule has 0 aliphatic carbocycles.